The third kappa shape index (κ3) is 5.73. The van der Waals surface area contributed by atoms with Crippen molar-refractivity contribution >= 4 is 31.5 Å². The number of benzene rings is 2. The van der Waals surface area contributed by atoms with Crippen molar-refractivity contribution in [3.63, 3.8) is 0 Å². The molecule has 0 amide bonds. The second-order valence-electron chi connectivity index (χ2n) is 7.62. The zero-order chi connectivity index (χ0) is 24.2. The summed E-state index contributed by atoms with van der Waals surface area (Å²) in [4.78, 5) is 3.79. The maximum Gasteiger partial charge on any atom is 0.240 e. The number of nitrogens with zero attached hydrogens (tertiary/aromatic N) is 1. The summed E-state index contributed by atoms with van der Waals surface area (Å²) >= 11 is 6.01. The van der Waals surface area contributed by atoms with Crippen LogP contribution in [0.2, 0.25) is 5.02 Å². The lowest BCUT2D eigenvalue weighted by atomic mass is 10.0. The minimum absolute atomic E-state index is 0.0828. The summed E-state index contributed by atoms with van der Waals surface area (Å²) in [6.45, 7) is 3.81. The van der Waals surface area contributed by atoms with Gasteiger partial charge in [0.1, 0.15) is 10.6 Å². The van der Waals surface area contributed by atoms with E-state index in [0.29, 0.717) is 12.0 Å². The standard InChI is InChI=1S/C23H25ClN2O5S2/c1-16(2)20-9-8-19(32(27,28)23-14-17(24)7-10-21(23)31-3)15-22(20)33(29,30)26-13-11-18-6-4-5-12-25-18/h4-10,12,14-16,26H,11,13H2,1-3H3. The van der Waals surface area contributed by atoms with Crippen LogP contribution in [0.5, 0.6) is 5.75 Å². The predicted octanol–water partition coefficient (Wildman–Crippen LogP) is 4.22. The van der Waals surface area contributed by atoms with E-state index in [1.54, 1.807) is 18.3 Å². The van der Waals surface area contributed by atoms with Crippen LogP contribution >= 0.6 is 11.6 Å². The zero-order valence-electron chi connectivity index (χ0n) is 18.4. The van der Waals surface area contributed by atoms with E-state index in [-0.39, 0.29) is 37.9 Å². The van der Waals surface area contributed by atoms with Gasteiger partial charge in [0.25, 0.3) is 0 Å². The first-order valence-corrected chi connectivity index (χ1v) is 13.5. The summed E-state index contributed by atoms with van der Waals surface area (Å²) in [5, 5.41) is 0.220. The van der Waals surface area contributed by atoms with Gasteiger partial charge in [-0.3, -0.25) is 4.98 Å². The number of nitrogens with one attached hydrogen (secondary N) is 1. The Morgan fingerprint density at radius 2 is 1.76 bits per heavy atom. The van der Waals surface area contributed by atoms with Gasteiger partial charge in [-0.2, -0.15) is 0 Å². The molecule has 7 nitrogen and oxygen atoms in total. The Morgan fingerprint density at radius 1 is 1.00 bits per heavy atom. The molecule has 2 aromatic carbocycles. The van der Waals surface area contributed by atoms with Crippen molar-refractivity contribution in [3.8, 4) is 5.75 Å². The second-order valence-corrected chi connectivity index (χ2v) is 11.7. The van der Waals surface area contributed by atoms with Crippen molar-refractivity contribution < 1.29 is 21.6 Å². The monoisotopic (exact) mass is 508 g/mol. The van der Waals surface area contributed by atoms with E-state index in [9.17, 15) is 16.8 Å². The number of aromatic nitrogens is 1. The van der Waals surface area contributed by atoms with Crippen LogP contribution in [0.3, 0.4) is 0 Å². The SMILES string of the molecule is COc1ccc(Cl)cc1S(=O)(=O)c1ccc(C(C)C)c(S(=O)(=O)NCCc2ccccn2)c1. The molecule has 0 saturated heterocycles. The molecule has 33 heavy (non-hydrogen) atoms. The number of methoxy groups -OCH3 is 1. The molecule has 10 heteroatoms. The molecule has 1 N–H and O–H groups in total. The first-order valence-electron chi connectivity index (χ1n) is 10.2. The predicted molar refractivity (Wildman–Crippen MR) is 127 cm³/mol. The third-order valence-electron chi connectivity index (χ3n) is 5.02. The van der Waals surface area contributed by atoms with Crippen molar-refractivity contribution in [2.45, 2.75) is 40.9 Å². The van der Waals surface area contributed by atoms with Gasteiger partial charge in [-0.25, -0.2) is 21.6 Å². The largest absolute Gasteiger partial charge is 0.495 e. The van der Waals surface area contributed by atoms with Gasteiger partial charge < -0.3 is 4.74 Å². The number of sulfonamides is 1. The summed E-state index contributed by atoms with van der Waals surface area (Å²) in [5.74, 6) is -0.0324. The molecular weight excluding hydrogens is 484 g/mol. The van der Waals surface area contributed by atoms with Crippen molar-refractivity contribution in [2.75, 3.05) is 13.7 Å². The van der Waals surface area contributed by atoms with E-state index < -0.39 is 19.9 Å². The van der Waals surface area contributed by atoms with Crippen LogP contribution in [0.15, 0.2) is 75.5 Å². The normalized spacial score (nSPS) is 12.2. The molecule has 3 rings (SSSR count). The van der Waals surface area contributed by atoms with Crippen molar-refractivity contribution in [1.29, 1.82) is 0 Å². The molecule has 0 atom stereocenters. The van der Waals surface area contributed by atoms with Gasteiger partial charge in [0, 0.05) is 29.9 Å². The number of pyridine rings is 1. The van der Waals surface area contributed by atoms with Gasteiger partial charge in [-0.1, -0.05) is 37.6 Å². The highest BCUT2D eigenvalue weighted by molar-refractivity contribution is 7.92. The molecule has 1 heterocycles. The van der Waals surface area contributed by atoms with Gasteiger partial charge >= 0.3 is 0 Å². The second kappa shape index (κ2) is 10.2. The van der Waals surface area contributed by atoms with E-state index in [0.717, 1.165) is 5.69 Å². The first kappa shape index (κ1) is 25.2. The number of ether oxygens (including phenoxy) is 1. The first-order chi connectivity index (χ1) is 15.6. The summed E-state index contributed by atoms with van der Waals surface area (Å²) in [6, 6.07) is 13.8. The molecule has 0 aliphatic rings. The van der Waals surface area contributed by atoms with Crippen LogP contribution in [0.1, 0.15) is 31.0 Å². The van der Waals surface area contributed by atoms with Gasteiger partial charge in [-0.05, 0) is 53.9 Å². The number of halogens is 1. The number of hydrogen-bond donors (Lipinski definition) is 1. The van der Waals surface area contributed by atoms with Gasteiger partial charge in [0.15, 0.2) is 0 Å². The fraction of sp³-hybridized carbons (Fsp3) is 0.261. The molecule has 0 aliphatic carbocycles. The molecule has 0 radical (unpaired) electrons. The Balaban J connectivity index is 2.01. The minimum Gasteiger partial charge on any atom is -0.495 e. The molecule has 0 aliphatic heterocycles. The zero-order valence-corrected chi connectivity index (χ0v) is 20.8. The van der Waals surface area contributed by atoms with Crippen LogP contribution in [-0.4, -0.2) is 35.5 Å². The average molecular weight is 509 g/mol. The molecule has 0 saturated carbocycles. The Labute approximate surface area is 199 Å². The maximum absolute atomic E-state index is 13.4. The Morgan fingerprint density at radius 3 is 2.39 bits per heavy atom. The highest BCUT2D eigenvalue weighted by Crippen LogP contribution is 2.34. The fourth-order valence-corrected chi connectivity index (χ4v) is 6.52. The smallest absolute Gasteiger partial charge is 0.240 e. The van der Waals surface area contributed by atoms with E-state index in [1.807, 2.05) is 19.9 Å². The maximum atomic E-state index is 13.4. The minimum atomic E-state index is -4.10. The lowest BCUT2D eigenvalue weighted by molar-refractivity contribution is 0.402. The molecule has 3 aromatic rings. The van der Waals surface area contributed by atoms with Crippen molar-refractivity contribution in [2.24, 2.45) is 0 Å². The fourth-order valence-electron chi connectivity index (χ4n) is 3.32. The van der Waals surface area contributed by atoms with Crippen LogP contribution in [-0.2, 0) is 26.3 Å². The van der Waals surface area contributed by atoms with Gasteiger partial charge in [0.2, 0.25) is 19.9 Å². The van der Waals surface area contributed by atoms with Gasteiger partial charge in [-0.15, -0.1) is 0 Å². The summed E-state index contributed by atoms with van der Waals surface area (Å²) < 4.78 is 60.8. The molecule has 0 fully saturated rings. The molecule has 0 bridgehead atoms. The molecule has 0 unspecified atom stereocenters. The lowest BCUT2D eigenvalue weighted by Gasteiger charge is -2.16. The quantitative estimate of drug-likeness (QED) is 0.464. The lowest BCUT2D eigenvalue weighted by Crippen LogP contribution is -2.27. The highest BCUT2D eigenvalue weighted by atomic mass is 35.5. The third-order valence-corrected chi connectivity index (χ3v) is 8.55. The van der Waals surface area contributed by atoms with Crippen LogP contribution in [0.25, 0.3) is 0 Å². The van der Waals surface area contributed by atoms with E-state index >= 15 is 0 Å². The topological polar surface area (TPSA) is 102 Å². The van der Waals surface area contributed by atoms with Gasteiger partial charge in [0.05, 0.1) is 16.9 Å². The molecule has 176 valence electrons. The van der Waals surface area contributed by atoms with Crippen LogP contribution in [0.4, 0.5) is 0 Å². The van der Waals surface area contributed by atoms with Crippen LogP contribution < -0.4 is 9.46 Å². The Bertz CT molecular complexity index is 1340. The highest BCUT2D eigenvalue weighted by Gasteiger charge is 2.27. The summed E-state index contributed by atoms with van der Waals surface area (Å²) in [5.41, 5.74) is 1.26. The number of sulfone groups is 1. The molecule has 0 spiro atoms. The summed E-state index contributed by atoms with van der Waals surface area (Å²) in [6.07, 6.45) is 2.04. The average Bonchev–Trinajstić information content (AvgIpc) is 2.79. The van der Waals surface area contributed by atoms with Crippen molar-refractivity contribution in [3.05, 3.63) is 77.1 Å². The summed E-state index contributed by atoms with van der Waals surface area (Å²) in [7, 11) is -6.75. The van der Waals surface area contributed by atoms with E-state index in [4.69, 9.17) is 16.3 Å². The number of hydrogen-bond acceptors (Lipinski definition) is 6. The van der Waals surface area contributed by atoms with E-state index in [1.165, 1.54) is 43.5 Å². The Hall–Kier alpha value is -2.46. The Kier molecular flexibility index (Phi) is 7.79. The molecular formula is C23H25ClN2O5S2. The number of rotatable bonds is 9. The molecule has 1 aromatic heterocycles. The van der Waals surface area contributed by atoms with Crippen molar-refractivity contribution in [1.82, 2.24) is 9.71 Å². The van der Waals surface area contributed by atoms with Crippen LogP contribution in [0, 0.1) is 0 Å². The van der Waals surface area contributed by atoms with E-state index in [2.05, 4.69) is 9.71 Å².